The summed E-state index contributed by atoms with van der Waals surface area (Å²) in [6.07, 6.45) is 4.20. The molecule has 1 aliphatic rings. The second kappa shape index (κ2) is 4.99. The van der Waals surface area contributed by atoms with E-state index in [1.54, 1.807) is 13.2 Å². The molecule has 1 rings (SSSR count). The Morgan fingerprint density at radius 2 is 2.54 bits per heavy atom. The molecule has 0 unspecified atom stereocenters. The lowest BCUT2D eigenvalue weighted by Gasteiger charge is -2.12. The minimum Gasteiger partial charge on any atom is -0.478 e. The average molecular weight is 185 g/mol. The minimum absolute atomic E-state index is 0.318. The molecule has 4 heteroatoms. The average Bonchev–Trinajstić information content (AvgIpc) is 2.52. The molecule has 1 heterocycles. The second-order valence-electron chi connectivity index (χ2n) is 3.15. The molecule has 0 bridgehead atoms. The number of carbonyl (C=O) groups is 1. The highest BCUT2D eigenvalue weighted by molar-refractivity contribution is 5.79. The summed E-state index contributed by atoms with van der Waals surface area (Å²) in [6.45, 7) is 2.59. The molecule has 0 spiro atoms. The number of rotatable bonds is 4. The first-order chi connectivity index (χ1) is 6.22. The van der Waals surface area contributed by atoms with Gasteiger partial charge in [0, 0.05) is 32.8 Å². The fraction of sp³-hybridized carbons (Fsp3) is 0.667. The predicted molar refractivity (Wildman–Crippen MR) is 48.6 cm³/mol. The lowest BCUT2D eigenvalue weighted by atomic mass is 10.3. The number of methoxy groups -OCH3 is 1. The molecule has 0 aromatic heterocycles. The highest BCUT2D eigenvalue weighted by Crippen LogP contribution is 2.10. The largest absolute Gasteiger partial charge is 0.478 e. The van der Waals surface area contributed by atoms with Gasteiger partial charge in [-0.2, -0.15) is 0 Å². The highest BCUT2D eigenvalue weighted by atomic mass is 16.5. The van der Waals surface area contributed by atoms with Gasteiger partial charge in [0.25, 0.3) is 0 Å². The monoisotopic (exact) mass is 185 g/mol. The summed E-state index contributed by atoms with van der Waals surface area (Å²) in [4.78, 5) is 12.3. The van der Waals surface area contributed by atoms with Gasteiger partial charge < -0.3 is 9.84 Å². The van der Waals surface area contributed by atoms with Crippen LogP contribution in [0.1, 0.15) is 6.42 Å². The minimum atomic E-state index is -0.887. The van der Waals surface area contributed by atoms with Crippen molar-refractivity contribution in [1.82, 2.24) is 4.90 Å². The lowest BCUT2D eigenvalue weighted by Crippen LogP contribution is -2.22. The van der Waals surface area contributed by atoms with Gasteiger partial charge in [0.2, 0.25) is 0 Å². The van der Waals surface area contributed by atoms with Crippen LogP contribution >= 0.6 is 0 Å². The van der Waals surface area contributed by atoms with E-state index in [1.165, 1.54) is 6.08 Å². The number of carboxylic acid groups (broad SMARTS) is 1. The number of hydrogen-bond donors (Lipinski definition) is 1. The van der Waals surface area contributed by atoms with Gasteiger partial charge >= 0.3 is 5.97 Å². The number of ether oxygens (including phenoxy) is 1. The molecule has 0 saturated carbocycles. The van der Waals surface area contributed by atoms with Crippen LogP contribution in [0.5, 0.6) is 0 Å². The van der Waals surface area contributed by atoms with Gasteiger partial charge in [-0.25, -0.2) is 4.79 Å². The molecule has 1 fully saturated rings. The summed E-state index contributed by atoms with van der Waals surface area (Å²) >= 11 is 0. The summed E-state index contributed by atoms with van der Waals surface area (Å²) < 4.78 is 5.19. The lowest BCUT2D eigenvalue weighted by molar-refractivity contribution is -0.131. The molecule has 0 aromatic carbocycles. The summed E-state index contributed by atoms with van der Waals surface area (Å²) in [5.41, 5.74) is 0. The molecule has 0 radical (unpaired) electrons. The van der Waals surface area contributed by atoms with Crippen LogP contribution in [0, 0.1) is 0 Å². The maximum atomic E-state index is 10.2. The maximum Gasteiger partial charge on any atom is 0.328 e. The van der Waals surface area contributed by atoms with Crippen LogP contribution in [0.25, 0.3) is 0 Å². The fourth-order valence-electron chi connectivity index (χ4n) is 1.46. The predicted octanol–water partition coefficient (Wildman–Crippen LogP) is 0.348. The van der Waals surface area contributed by atoms with Crippen molar-refractivity contribution >= 4 is 5.97 Å². The third-order valence-corrected chi connectivity index (χ3v) is 2.19. The Kier molecular flexibility index (Phi) is 3.92. The Balaban J connectivity index is 2.20. The quantitative estimate of drug-likeness (QED) is 0.642. The fourth-order valence-corrected chi connectivity index (χ4v) is 1.46. The first-order valence-corrected chi connectivity index (χ1v) is 4.37. The summed E-state index contributed by atoms with van der Waals surface area (Å²) in [6, 6.07) is 0. The summed E-state index contributed by atoms with van der Waals surface area (Å²) in [5, 5.41) is 8.36. The molecule has 0 amide bonds. The van der Waals surface area contributed by atoms with Crippen LogP contribution in [0.15, 0.2) is 12.2 Å². The van der Waals surface area contributed by atoms with E-state index >= 15 is 0 Å². The Hall–Kier alpha value is -0.870. The standard InChI is InChI=1S/C9H15NO3/c1-13-8-4-6-10(7-8)5-2-3-9(11)12/h2-3,8H,4-7H2,1H3,(H,11,12)/t8-/m1/s1. The molecule has 1 saturated heterocycles. The molecule has 1 aliphatic heterocycles. The highest BCUT2D eigenvalue weighted by Gasteiger charge is 2.20. The van der Waals surface area contributed by atoms with Crippen LogP contribution in [0.4, 0.5) is 0 Å². The van der Waals surface area contributed by atoms with Crippen molar-refractivity contribution in [1.29, 1.82) is 0 Å². The Bertz CT molecular complexity index is 203. The molecular formula is C9H15NO3. The van der Waals surface area contributed by atoms with E-state index in [4.69, 9.17) is 9.84 Å². The molecule has 74 valence electrons. The van der Waals surface area contributed by atoms with Gasteiger partial charge in [0.1, 0.15) is 0 Å². The van der Waals surface area contributed by atoms with E-state index in [-0.39, 0.29) is 0 Å². The first kappa shape index (κ1) is 10.2. The van der Waals surface area contributed by atoms with E-state index < -0.39 is 5.97 Å². The van der Waals surface area contributed by atoms with Crippen molar-refractivity contribution in [2.75, 3.05) is 26.7 Å². The summed E-state index contributed by atoms with van der Waals surface area (Å²) in [7, 11) is 1.71. The smallest absolute Gasteiger partial charge is 0.328 e. The number of hydrogen-bond acceptors (Lipinski definition) is 3. The van der Waals surface area contributed by atoms with Gasteiger partial charge in [0.15, 0.2) is 0 Å². The van der Waals surface area contributed by atoms with Gasteiger partial charge in [-0.15, -0.1) is 0 Å². The van der Waals surface area contributed by atoms with Crippen molar-refractivity contribution in [3.8, 4) is 0 Å². The van der Waals surface area contributed by atoms with Crippen molar-refractivity contribution < 1.29 is 14.6 Å². The van der Waals surface area contributed by atoms with Crippen molar-refractivity contribution in [2.24, 2.45) is 0 Å². The first-order valence-electron chi connectivity index (χ1n) is 4.37. The van der Waals surface area contributed by atoms with Crippen LogP contribution < -0.4 is 0 Å². The molecule has 0 aliphatic carbocycles. The molecule has 0 aromatic rings. The van der Waals surface area contributed by atoms with Crippen LogP contribution in [-0.2, 0) is 9.53 Å². The number of carboxylic acids is 1. The Morgan fingerprint density at radius 3 is 3.08 bits per heavy atom. The second-order valence-corrected chi connectivity index (χ2v) is 3.15. The molecule has 1 atom stereocenters. The zero-order valence-electron chi connectivity index (χ0n) is 7.77. The zero-order valence-corrected chi connectivity index (χ0v) is 7.77. The Labute approximate surface area is 77.8 Å². The van der Waals surface area contributed by atoms with Crippen molar-refractivity contribution in [3.05, 3.63) is 12.2 Å². The van der Waals surface area contributed by atoms with Crippen molar-refractivity contribution in [3.63, 3.8) is 0 Å². The SMILES string of the molecule is CO[C@@H]1CCN(CC=CC(=O)O)C1. The van der Waals surface area contributed by atoms with Crippen LogP contribution in [0.3, 0.4) is 0 Å². The number of aliphatic carboxylic acids is 1. The van der Waals surface area contributed by atoms with Gasteiger partial charge in [-0.05, 0) is 6.42 Å². The Morgan fingerprint density at radius 1 is 1.77 bits per heavy atom. The third-order valence-electron chi connectivity index (χ3n) is 2.19. The van der Waals surface area contributed by atoms with E-state index in [0.717, 1.165) is 19.5 Å². The summed E-state index contributed by atoms with van der Waals surface area (Å²) in [5.74, 6) is -0.887. The topological polar surface area (TPSA) is 49.8 Å². The van der Waals surface area contributed by atoms with E-state index in [0.29, 0.717) is 12.6 Å². The zero-order chi connectivity index (χ0) is 9.68. The third kappa shape index (κ3) is 3.57. The molecule has 13 heavy (non-hydrogen) atoms. The molecule has 4 nitrogen and oxygen atoms in total. The van der Waals surface area contributed by atoms with Crippen LogP contribution in [-0.4, -0.2) is 48.8 Å². The number of likely N-dealkylation sites (tertiary alicyclic amines) is 1. The van der Waals surface area contributed by atoms with E-state index in [2.05, 4.69) is 4.90 Å². The maximum absolute atomic E-state index is 10.2. The van der Waals surface area contributed by atoms with E-state index in [9.17, 15) is 4.79 Å². The number of nitrogens with zero attached hydrogens (tertiary/aromatic N) is 1. The van der Waals surface area contributed by atoms with Crippen LogP contribution in [0.2, 0.25) is 0 Å². The van der Waals surface area contributed by atoms with E-state index in [1.807, 2.05) is 0 Å². The van der Waals surface area contributed by atoms with Crippen molar-refractivity contribution in [2.45, 2.75) is 12.5 Å². The van der Waals surface area contributed by atoms with Gasteiger partial charge in [-0.1, -0.05) is 6.08 Å². The van der Waals surface area contributed by atoms with Gasteiger partial charge in [-0.3, -0.25) is 4.90 Å². The van der Waals surface area contributed by atoms with Gasteiger partial charge in [0.05, 0.1) is 6.10 Å². The molecular weight excluding hydrogens is 170 g/mol. The molecule has 1 N–H and O–H groups in total. The normalized spacial score (nSPS) is 24.2.